The SMILES string of the molecule is CN1CCc2c(n(CC(C)(F)c3ccncc3)c3ccc(Cl)cc23)CC1. The number of halogens is 2. The van der Waals surface area contributed by atoms with Gasteiger partial charge in [0.25, 0.3) is 0 Å². The minimum Gasteiger partial charge on any atom is -0.341 e. The molecule has 2 aromatic heterocycles. The van der Waals surface area contributed by atoms with Crippen LogP contribution in [0.5, 0.6) is 0 Å². The summed E-state index contributed by atoms with van der Waals surface area (Å²) >= 11 is 6.27. The summed E-state index contributed by atoms with van der Waals surface area (Å²) in [5.41, 5.74) is 2.81. The van der Waals surface area contributed by atoms with Crippen LogP contribution in [0.4, 0.5) is 4.39 Å². The van der Waals surface area contributed by atoms with E-state index in [1.807, 2.05) is 18.2 Å². The van der Waals surface area contributed by atoms with Crippen LogP contribution in [0.15, 0.2) is 42.7 Å². The van der Waals surface area contributed by atoms with Gasteiger partial charge in [0.15, 0.2) is 5.67 Å². The van der Waals surface area contributed by atoms with Crippen molar-refractivity contribution >= 4 is 22.5 Å². The number of rotatable bonds is 3. The summed E-state index contributed by atoms with van der Waals surface area (Å²) in [4.78, 5) is 6.34. The second kappa shape index (κ2) is 6.67. The molecule has 1 aliphatic rings. The highest BCUT2D eigenvalue weighted by atomic mass is 35.5. The van der Waals surface area contributed by atoms with Crippen molar-refractivity contribution in [3.05, 3.63) is 64.6 Å². The molecule has 0 saturated heterocycles. The topological polar surface area (TPSA) is 21.1 Å². The van der Waals surface area contributed by atoms with E-state index in [-0.39, 0.29) is 6.54 Å². The third-order valence-electron chi connectivity index (χ3n) is 5.46. The van der Waals surface area contributed by atoms with Gasteiger partial charge in [-0.05, 0) is 61.9 Å². The molecule has 3 aromatic rings. The van der Waals surface area contributed by atoms with E-state index >= 15 is 4.39 Å². The Bertz CT molecular complexity index is 933. The first-order chi connectivity index (χ1) is 12.5. The zero-order chi connectivity index (χ0) is 18.3. The number of fused-ring (bicyclic) bond motifs is 3. The smallest absolute Gasteiger partial charge is 0.151 e. The van der Waals surface area contributed by atoms with Crippen LogP contribution in [0, 0.1) is 0 Å². The van der Waals surface area contributed by atoms with E-state index in [1.165, 1.54) is 11.3 Å². The molecule has 1 aromatic carbocycles. The predicted molar refractivity (Wildman–Crippen MR) is 105 cm³/mol. The molecule has 0 spiro atoms. The summed E-state index contributed by atoms with van der Waals surface area (Å²) < 4.78 is 17.8. The van der Waals surface area contributed by atoms with Crippen LogP contribution in [0.25, 0.3) is 10.9 Å². The highest BCUT2D eigenvalue weighted by Gasteiger charge is 2.30. The molecule has 1 atom stereocenters. The van der Waals surface area contributed by atoms with Crippen LogP contribution in [0.2, 0.25) is 5.02 Å². The molecule has 5 heteroatoms. The number of pyridine rings is 1. The molecule has 0 radical (unpaired) electrons. The average Bonchev–Trinajstić information content (AvgIpc) is 2.76. The summed E-state index contributed by atoms with van der Waals surface area (Å²) in [6, 6.07) is 9.47. The average molecular weight is 372 g/mol. The van der Waals surface area contributed by atoms with E-state index in [4.69, 9.17) is 11.6 Å². The van der Waals surface area contributed by atoms with Crippen molar-refractivity contribution in [2.24, 2.45) is 0 Å². The Hall–Kier alpha value is -1.91. The normalized spacial score (nSPS) is 17.7. The van der Waals surface area contributed by atoms with E-state index in [0.717, 1.165) is 41.9 Å². The molecule has 3 heterocycles. The van der Waals surface area contributed by atoms with Gasteiger partial charge in [0.2, 0.25) is 0 Å². The first-order valence-electron chi connectivity index (χ1n) is 9.03. The number of hydrogen-bond donors (Lipinski definition) is 0. The van der Waals surface area contributed by atoms with Gasteiger partial charge in [-0.3, -0.25) is 4.98 Å². The van der Waals surface area contributed by atoms with E-state index in [9.17, 15) is 0 Å². The fourth-order valence-corrected chi connectivity index (χ4v) is 4.17. The fraction of sp³-hybridized carbons (Fsp3) is 0.381. The van der Waals surface area contributed by atoms with Crippen molar-refractivity contribution < 1.29 is 4.39 Å². The molecule has 0 bridgehead atoms. The van der Waals surface area contributed by atoms with Crippen LogP contribution in [0.1, 0.15) is 23.7 Å². The third-order valence-corrected chi connectivity index (χ3v) is 5.69. The standard InChI is InChI=1S/C21H23ClFN3/c1-21(23,15-5-9-24-10-6-15)14-26-19-4-3-16(22)13-18(19)17-7-11-25(2)12-8-20(17)26/h3-6,9-10,13H,7-8,11-12,14H2,1-2H3. The number of alkyl halides is 1. The van der Waals surface area contributed by atoms with Gasteiger partial charge in [-0.2, -0.15) is 0 Å². The second-order valence-corrected chi connectivity index (χ2v) is 7.85. The number of aromatic nitrogens is 2. The molecule has 3 nitrogen and oxygen atoms in total. The summed E-state index contributed by atoms with van der Waals surface area (Å²) in [5.74, 6) is 0. The van der Waals surface area contributed by atoms with Gasteiger partial charge in [0.1, 0.15) is 0 Å². The lowest BCUT2D eigenvalue weighted by atomic mass is 9.99. The number of likely N-dealkylation sites (N-methyl/N-ethyl adjacent to an activating group) is 1. The van der Waals surface area contributed by atoms with Crippen molar-refractivity contribution in [3.8, 4) is 0 Å². The summed E-state index contributed by atoms with van der Waals surface area (Å²) in [7, 11) is 2.14. The molecule has 0 amide bonds. The Morgan fingerprint density at radius 2 is 1.88 bits per heavy atom. The first kappa shape index (κ1) is 17.5. The lowest BCUT2D eigenvalue weighted by Gasteiger charge is -2.24. The molecular weight excluding hydrogens is 349 g/mol. The van der Waals surface area contributed by atoms with Crippen molar-refractivity contribution in [2.75, 3.05) is 20.1 Å². The van der Waals surface area contributed by atoms with Crippen molar-refractivity contribution in [2.45, 2.75) is 32.0 Å². The van der Waals surface area contributed by atoms with Gasteiger partial charge < -0.3 is 9.47 Å². The zero-order valence-electron chi connectivity index (χ0n) is 15.2. The number of nitrogens with zero attached hydrogens (tertiary/aromatic N) is 3. The molecule has 0 aliphatic carbocycles. The van der Waals surface area contributed by atoms with E-state index in [1.54, 1.807) is 31.5 Å². The Balaban J connectivity index is 1.84. The quantitative estimate of drug-likeness (QED) is 0.670. The summed E-state index contributed by atoms with van der Waals surface area (Å²) in [5, 5.41) is 1.89. The molecule has 0 saturated carbocycles. The maximum absolute atomic E-state index is 15.7. The number of benzene rings is 1. The number of hydrogen-bond acceptors (Lipinski definition) is 2. The molecule has 136 valence electrons. The maximum Gasteiger partial charge on any atom is 0.151 e. The van der Waals surface area contributed by atoms with Gasteiger partial charge in [-0.15, -0.1) is 0 Å². The van der Waals surface area contributed by atoms with Gasteiger partial charge in [0.05, 0.1) is 6.54 Å². The van der Waals surface area contributed by atoms with Crippen molar-refractivity contribution in [1.82, 2.24) is 14.5 Å². The summed E-state index contributed by atoms with van der Waals surface area (Å²) in [6.45, 7) is 3.93. The fourth-order valence-electron chi connectivity index (χ4n) is 3.99. The van der Waals surface area contributed by atoms with Crippen LogP contribution in [-0.2, 0) is 25.1 Å². The first-order valence-corrected chi connectivity index (χ1v) is 9.41. The Morgan fingerprint density at radius 1 is 1.15 bits per heavy atom. The van der Waals surface area contributed by atoms with Gasteiger partial charge in [0, 0.05) is 53.5 Å². The zero-order valence-corrected chi connectivity index (χ0v) is 15.9. The van der Waals surface area contributed by atoms with Crippen LogP contribution in [0.3, 0.4) is 0 Å². The second-order valence-electron chi connectivity index (χ2n) is 7.41. The minimum atomic E-state index is -1.47. The molecule has 0 fully saturated rings. The molecule has 0 N–H and O–H groups in total. The van der Waals surface area contributed by atoms with E-state index in [2.05, 4.69) is 21.5 Å². The Labute approximate surface area is 158 Å². The van der Waals surface area contributed by atoms with Gasteiger partial charge in [-0.1, -0.05) is 11.6 Å². The van der Waals surface area contributed by atoms with Gasteiger partial charge >= 0.3 is 0 Å². The molecule has 4 rings (SSSR count). The third kappa shape index (κ3) is 3.12. The molecular formula is C21H23ClFN3. The van der Waals surface area contributed by atoms with Crippen LogP contribution < -0.4 is 0 Å². The molecule has 1 unspecified atom stereocenters. The van der Waals surface area contributed by atoms with E-state index in [0.29, 0.717) is 5.56 Å². The minimum absolute atomic E-state index is 0.286. The Morgan fingerprint density at radius 3 is 2.65 bits per heavy atom. The van der Waals surface area contributed by atoms with Gasteiger partial charge in [-0.25, -0.2) is 4.39 Å². The van der Waals surface area contributed by atoms with E-state index < -0.39 is 5.67 Å². The summed E-state index contributed by atoms with van der Waals surface area (Å²) in [6.07, 6.45) is 5.19. The molecule has 1 aliphatic heterocycles. The van der Waals surface area contributed by atoms with Crippen molar-refractivity contribution in [1.29, 1.82) is 0 Å². The predicted octanol–water partition coefficient (Wildman–Crippen LogP) is 4.61. The maximum atomic E-state index is 15.7. The highest BCUT2D eigenvalue weighted by Crippen LogP contribution is 2.35. The monoisotopic (exact) mass is 371 g/mol. The molecule has 26 heavy (non-hydrogen) atoms. The van der Waals surface area contributed by atoms with Crippen LogP contribution >= 0.6 is 11.6 Å². The largest absolute Gasteiger partial charge is 0.341 e. The highest BCUT2D eigenvalue weighted by molar-refractivity contribution is 6.31. The lowest BCUT2D eigenvalue weighted by molar-refractivity contribution is 0.162. The van der Waals surface area contributed by atoms with Crippen molar-refractivity contribution in [3.63, 3.8) is 0 Å². The Kier molecular flexibility index (Phi) is 4.49. The lowest BCUT2D eigenvalue weighted by Crippen LogP contribution is -2.25. The van der Waals surface area contributed by atoms with Crippen LogP contribution in [-0.4, -0.2) is 34.6 Å².